The highest BCUT2D eigenvalue weighted by molar-refractivity contribution is 7.90. The molecule has 3 aromatic carbocycles. The number of benzene rings is 3. The molecule has 3 fully saturated rings. The van der Waals surface area contributed by atoms with Gasteiger partial charge in [0.1, 0.15) is 9.84 Å². The van der Waals surface area contributed by atoms with E-state index in [0.29, 0.717) is 72.8 Å². The van der Waals surface area contributed by atoms with E-state index in [9.17, 15) is 27.6 Å². The Kier molecular flexibility index (Phi) is 10.8. The molecular weight excluding hydrogens is 709 g/mol. The van der Waals surface area contributed by atoms with E-state index < -0.39 is 33.4 Å². The first-order valence-electron chi connectivity index (χ1n) is 18.9. The third-order valence-electron chi connectivity index (χ3n) is 11.5. The third-order valence-corrected chi connectivity index (χ3v) is 12.4. The standard InChI is InChI=1S/C41H48N4O8S/c1-4-53-36-24-29(14-18-35(36)52-2)34(25-54(3,50)51)45-40(48)32-6-5-7-33(38(32)41(45)49)44-22-20-43(21-23-44)30-15-12-27(13-16-30)26-8-10-28(11-9-26)31-17-19-37(46)42-39(31)47/h5-11,14,18,24,27,30-31,34H,4,12-13,15-17,19-23,25H2,1-3H3,(H,42,46,47)/t27?,30?,31?,34-/m1/s1. The Hall–Kier alpha value is -4.75. The van der Waals surface area contributed by atoms with Crippen LogP contribution >= 0.6 is 0 Å². The van der Waals surface area contributed by atoms with E-state index in [0.717, 1.165) is 55.5 Å². The summed E-state index contributed by atoms with van der Waals surface area (Å²) in [5, 5.41) is 2.45. The van der Waals surface area contributed by atoms with Gasteiger partial charge in [0.05, 0.1) is 48.2 Å². The number of hydrogen-bond donors (Lipinski definition) is 1. The zero-order chi connectivity index (χ0) is 38.1. The van der Waals surface area contributed by atoms with Gasteiger partial charge in [-0.3, -0.25) is 34.3 Å². The first-order chi connectivity index (χ1) is 26.0. The van der Waals surface area contributed by atoms with Crippen LogP contribution in [0.15, 0.2) is 60.7 Å². The molecule has 0 spiro atoms. The van der Waals surface area contributed by atoms with Crippen LogP contribution in [-0.4, -0.2) is 99.8 Å². The molecule has 54 heavy (non-hydrogen) atoms. The molecule has 4 amide bonds. The summed E-state index contributed by atoms with van der Waals surface area (Å²) >= 11 is 0. The van der Waals surface area contributed by atoms with E-state index in [-0.39, 0.29) is 23.3 Å². The number of piperidine rings is 1. The topological polar surface area (TPSA) is 143 Å². The van der Waals surface area contributed by atoms with Gasteiger partial charge in [-0.05, 0) is 85.9 Å². The van der Waals surface area contributed by atoms with Crippen LogP contribution in [0.3, 0.4) is 0 Å². The maximum Gasteiger partial charge on any atom is 0.264 e. The average molecular weight is 757 g/mol. The molecule has 3 heterocycles. The van der Waals surface area contributed by atoms with Gasteiger partial charge in [-0.15, -0.1) is 0 Å². The number of anilines is 1. The molecule has 2 saturated heterocycles. The molecule has 0 aromatic heterocycles. The lowest BCUT2D eigenvalue weighted by molar-refractivity contribution is -0.134. The number of fused-ring (bicyclic) bond motifs is 1. The molecule has 7 rings (SSSR count). The summed E-state index contributed by atoms with van der Waals surface area (Å²) in [5.41, 5.74) is 4.01. The van der Waals surface area contributed by atoms with Gasteiger partial charge in [-0.25, -0.2) is 8.42 Å². The van der Waals surface area contributed by atoms with Crippen molar-refractivity contribution in [3.8, 4) is 11.5 Å². The Labute approximate surface area is 316 Å². The van der Waals surface area contributed by atoms with Gasteiger partial charge in [0, 0.05) is 44.9 Å². The minimum atomic E-state index is -3.62. The fourth-order valence-corrected chi connectivity index (χ4v) is 9.64. The number of nitrogens with zero attached hydrogens (tertiary/aromatic N) is 3. The number of carbonyl (C=O) groups excluding carboxylic acids is 4. The van der Waals surface area contributed by atoms with Crippen LogP contribution in [0, 0.1) is 0 Å². The fourth-order valence-electron chi connectivity index (χ4n) is 8.72. The van der Waals surface area contributed by atoms with Crippen molar-refractivity contribution in [3.63, 3.8) is 0 Å². The van der Waals surface area contributed by atoms with Gasteiger partial charge in [-0.2, -0.15) is 0 Å². The number of carbonyl (C=O) groups is 4. The lowest BCUT2D eigenvalue weighted by atomic mass is 9.80. The Morgan fingerprint density at radius 2 is 1.54 bits per heavy atom. The fraction of sp³-hybridized carbons (Fsp3) is 0.463. The van der Waals surface area contributed by atoms with E-state index in [1.165, 1.54) is 12.7 Å². The van der Waals surface area contributed by atoms with Gasteiger partial charge in [0.2, 0.25) is 11.8 Å². The van der Waals surface area contributed by atoms with E-state index in [1.807, 2.05) is 25.1 Å². The van der Waals surface area contributed by atoms with E-state index in [2.05, 4.69) is 27.2 Å². The van der Waals surface area contributed by atoms with Crippen molar-refractivity contribution in [1.82, 2.24) is 15.1 Å². The van der Waals surface area contributed by atoms with Crippen molar-refractivity contribution in [3.05, 3.63) is 88.5 Å². The summed E-state index contributed by atoms with van der Waals surface area (Å²) in [5.74, 6) is -0.793. The van der Waals surface area contributed by atoms with Gasteiger partial charge in [0.15, 0.2) is 11.5 Å². The number of ether oxygens (including phenoxy) is 2. The molecule has 3 aliphatic heterocycles. The molecule has 1 saturated carbocycles. The second kappa shape index (κ2) is 15.5. The highest BCUT2D eigenvalue weighted by Gasteiger charge is 2.44. The zero-order valence-electron chi connectivity index (χ0n) is 31.1. The number of hydrogen-bond acceptors (Lipinski definition) is 10. The van der Waals surface area contributed by atoms with Crippen LogP contribution in [0.1, 0.15) is 101 Å². The molecule has 2 atom stereocenters. The largest absolute Gasteiger partial charge is 0.493 e. The molecule has 13 heteroatoms. The van der Waals surface area contributed by atoms with Crippen LogP contribution in [0.25, 0.3) is 0 Å². The van der Waals surface area contributed by atoms with Crippen molar-refractivity contribution in [2.45, 2.75) is 69.4 Å². The van der Waals surface area contributed by atoms with E-state index in [1.54, 1.807) is 30.3 Å². The lowest BCUT2D eigenvalue weighted by Crippen LogP contribution is -2.51. The maximum absolute atomic E-state index is 14.3. The molecule has 0 radical (unpaired) electrons. The summed E-state index contributed by atoms with van der Waals surface area (Å²) in [4.78, 5) is 58.0. The van der Waals surface area contributed by atoms with E-state index >= 15 is 0 Å². The normalized spacial score (nSPS) is 22.9. The monoisotopic (exact) mass is 756 g/mol. The smallest absolute Gasteiger partial charge is 0.264 e. The molecular formula is C41H48N4O8S. The number of amides is 4. The zero-order valence-corrected chi connectivity index (χ0v) is 31.9. The summed E-state index contributed by atoms with van der Waals surface area (Å²) < 4.78 is 36.6. The predicted octanol–water partition coefficient (Wildman–Crippen LogP) is 4.84. The van der Waals surface area contributed by atoms with Crippen LogP contribution in [0.5, 0.6) is 11.5 Å². The SMILES string of the molecule is CCOc1cc([C@@H](CS(C)(=O)=O)N2C(=O)c3cccc(N4CCN(C5CCC(c6ccc(C7CCC(=O)NC7=O)cc6)CC5)CC4)c3C2=O)ccc1OC. The maximum atomic E-state index is 14.3. The second-order valence-electron chi connectivity index (χ2n) is 14.8. The molecule has 1 aliphatic carbocycles. The predicted molar refractivity (Wildman–Crippen MR) is 204 cm³/mol. The first kappa shape index (κ1) is 37.6. The number of piperazine rings is 1. The molecule has 0 bridgehead atoms. The van der Waals surface area contributed by atoms with Crippen LogP contribution < -0.4 is 19.7 Å². The Bertz CT molecular complexity index is 2040. The Morgan fingerprint density at radius 3 is 2.19 bits per heavy atom. The molecule has 4 aliphatic rings. The number of rotatable bonds is 11. The second-order valence-corrected chi connectivity index (χ2v) is 17.0. The van der Waals surface area contributed by atoms with Crippen molar-refractivity contribution in [1.29, 1.82) is 0 Å². The quantitative estimate of drug-likeness (QED) is 0.270. The first-order valence-corrected chi connectivity index (χ1v) is 20.9. The van der Waals surface area contributed by atoms with Crippen LogP contribution in [-0.2, 0) is 19.4 Å². The summed E-state index contributed by atoms with van der Waals surface area (Å²) in [6.45, 7) is 5.23. The third kappa shape index (κ3) is 7.61. The van der Waals surface area contributed by atoms with Gasteiger partial charge in [-0.1, -0.05) is 36.4 Å². The number of sulfone groups is 1. The number of nitrogens with one attached hydrogen (secondary N) is 1. The lowest BCUT2D eigenvalue weighted by Gasteiger charge is -2.43. The molecule has 1 N–H and O–H groups in total. The van der Waals surface area contributed by atoms with E-state index in [4.69, 9.17) is 9.47 Å². The van der Waals surface area contributed by atoms with Crippen molar-refractivity contribution in [2.24, 2.45) is 0 Å². The van der Waals surface area contributed by atoms with Crippen molar-refractivity contribution >= 4 is 39.2 Å². The van der Waals surface area contributed by atoms with Crippen LogP contribution in [0.2, 0.25) is 0 Å². The molecule has 286 valence electrons. The van der Waals surface area contributed by atoms with Gasteiger partial charge < -0.3 is 14.4 Å². The minimum absolute atomic E-state index is 0.201. The van der Waals surface area contributed by atoms with Crippen molar-refractivity contribution < 1.29 is 37.1 Å². The molecule has 12 nitrogen and oxygen atoms in total. The van der Waals surface area contributed by atoms with Crippen molar-refractivity contribution in [2.75, 3.05) is 56.8 Å². The molecule has 1 unspecified atom stereocenters. The van der Waals surface area contributed by atoms with Gasteiger partial charge >= 0.3 is 0 Å². The highest BCUT2D eigenvalue weighted by Crippen LogP contribution is 2.41. The summed E-state index contributed by atoms with van der Waals surface area (Å²) in [6, 6.07) is 18.1. The average Bonchev–Trinajstić information content (AvgIpc) is 3.42. The Morgan fingerprint density at radius 1 is 0.833 bits per heavy atom. The summed E-state index contributed by atoms with van der Waals surface area (Å²) in [6.07, 6.45) is 6.35. The molecule has 3 aromatic rings. The summed E-state index contributed by atoms with van der Waals surface area (Å²) in [7, 11) is -2.11. The number of imide groups is 2. The Balaban J connectivity index is 1.00. The highest BCUT2D eigenvalue weighted by atomic mass is 32.2. The van der Waals surface area contributed by atoms with Gasteiger partial charge in [0.25, 0.3) is 11.8 Å². The minimum Gasteiger partial charge on any atom is -0.493 e. The number of methoxy groups -OCH3 is 1. The van der Waals surface area contributed by atoms with Crippen LogP contribution in [0.4, 0.5) is 5.69 Å².